The van der Waals surface area contributed by atoms with E-state index in [-0.39, 0.29) is 23.3 Å². The molecule has 0 heterocycles. The summed E-state index contributed by atoms with van der Waals surface area (Å²) >= 11 is 0. The van der Waals surface area contributed by atoms with Crippen LogP contribution in [0.4, 0.5) is 8.78 Å². The lowest BCUT2D eigenvalue weighted by Crippen LogP contribution is -2.13. The highest BCUT2D eigenvalue weighted by molar-refractivity contribution is 5.97. The van der Waals surface area contributed by atoms with E-state index in [1.165, 1.54) is 29.3 Å². The molecule has 0 aliphatic heterocycles. The van der Waals surface area contributed by atoms with Gasteiger partial charge in [-0.1, -0.05) is 48.5 Å². The van der Waals surface area contributed by atoms with Gasteiger partial charge in [0.15, 0.2) is 5.78 Å². The maximum Gasteiger partial charge on any atom is 0.264 e. The zero-order valence-electron chi connectivity index (χ0n) is 14.7. The Morgan fingerprint density at radius 2 is 1.62 bits per heavy atom. The molecule has 0 amide bonds. The fourth-order valence-corrected chi connectivity index (χ4v) is 3.80. The monoisotopic (exact) mass is 358 g/mol. The highest BCUT2D eigenvalue weighted by Gasteiger charge is 2.22. The molecule has 0 saturated heterocycles. The van der Waals surface area contributed by atoms with Crippen LogP contribution in [0.2, 0.25) is 0 Å². The molecule has 0 bridgehead atoms. The molecule has 2 aromatic rings. The number of rotatable bonds is 8. The normalized spacial score (nSPS) is 15.2. The molecular formula is C22H24F2O2. The van der Waals surface area contributed by atoms with E-state index in [0.29, 0.717) is 18.8 Å². The summed E-state index contributed by atoms with van der Waals surface area (Å²) in [6.45, 7) is 0. The highest BCUT2D eigenvalue weighted by Crippen LogP contribution is 2.30. The molecule has 4 heteroatoms. The molecule has 0 fully saturated rings. The van der Waals surface area contributed by atoms with E-state index in [1.807, 2.05) is 0 Å². The number of halogens is 2. The van der Waals surface area contributed by atoms with E-state index >= 15 is 0 Å². The lowest BCUT2D eigenvalue weighted by Gasteiger charge is -2.14. The van der Waals surface area contributed by atoms with Gasteiger partial charge in [-0.05, 0) is 49.1 Å². The van der Waals surface area contributed by atoms with Crippen LogP contribution in [-0.2, 0) is 12.8 Å². The van der Waals surface area contributed by atoms with E-state index in [2.05, 4.69) is 24.3 Å². The van der Waals surface area contributed by atoms with E-state index in [1.54, 1.807) is 6.07 Å². The molecule has 3 rings (SSSR count). The van der Waals surface area contributed by atoms with Crippen molar-refractivity contribution in [2.24, 2.45) is 5.92 Å². The summed E-state index contributed by atoms with van der Waals surface area (Å²) in [6, 6.07) is 14.2. The number of benzene rings is 2. The van der Waals surface area contributed by atoms with Crippen LogP contribution in [0.5, 0.6) is 0 Å². The number of carbonyl (C=O) groups is 1. The minimum atomic E-state index is -2.66. The summed E-state index contributed by atoms with van der Waals surface area (Å²) in [4.78, 5) is 12.2. The third kappa shape index (κ3) is 4.55. The number of carbonyl (C=O) groups excluding carboxylic acids is 1. The van der Waals surface area contributed by atoms with Crippen LogP contribution < -0.4 is 0 Å². The van der Waals surface area contributed by atoms with E-state index in [0.717, 1.165) is 19.3 Å². The largest absolute Gasteiger partial charge is 0.393 e. The van der Waals surface area contributed by atoms with E-state index in [4.69, 9.17) is 0 Å². The maximum absolute atomic E-state index is 13.0. The van der Waals surface area contributed by atoms with Crippen LogP contribution >= 0.6 is 0 Å². The number of alkyl halides is 2. The van der Waals surface area contributed by atoms with Crippen molar-refractivity contribution in [2.75, 3.05) is 0 Å². The van der Waals surface area contributed by atoms with Crippen LogP contribution in [-0.4, -0.2) is 17.0 Å². The first kappa shape index (κ1) is 18.7. The Bertz CT molecular complexity index is 732. The second-order valence-corrected chi connectivity index (χ2v) is 7.12. The predicted octanol–water partition coefficient (Wildman–Crippen LogP) is 5.14. The van der Waals surface area contributed by atoms with Gasteiger partial charge in [-0.25, -0.2) is 8.78 Å². The Morgan fingerprint density at radius 1 is 1.00 bits per heavy atom. The van der Waals surface area contributed by atoms with Crippen molar-refractivity contribution in [3.8, 4) is 0 Å². The van der Waals surface area contributed by atoms with Gasteiger partial charge in [0.1, 0.15) is 0 Å². The topological polar surface area (TPSA) is 37.3 Å². The number of hydrogen-bond donors (Lipinski definition) is 1. The van der Waals surface area contributed by atoms with Gasteiger partial charge >= 0.3 is 0 Å². The average Bonchev–Trinajstić information content (AvgIpc) is 3.07. The Hall–Kier alpha value is -2.07. The SMILES string of the molecule is O=C(CC[C@@H](O)CCC1Cc2ccccc2C1)c1ccccc1C(F)F. The number of hydrogen-bond acceptors (Lipinski definition) is 2. The zero-order valence-corrected chi connectivity index (χ0v) is 14.7. The van der Waals surface area contributed by atoms with Crippen molar-refractivity contribution in [3.05, 3.63) is 70.8 Å². The van der Waals surface area contributed by atoms with Crippen molar-refractivity contribution >= 4 is 5.78 Å². The van der Waals surface area contributed by atoms with Gasteiger partial charge in [-0.15, -0.1) is 0 Å². The first-order chi connectivity index (χ1) is 12.5. The number of ketones is 1. The number of Topliss-reactive ketones (excluding diaryl/α,β-unsaturated/α-hetero) is 1. The minimum Gasteiger partial charge on any atom is -0.393 e. The van der Waals surface area contributed by atoms with Crippen molar-refractivity contribution < 1.29 is 18.7 Å². The van der Waals surface area contributed by atoms with Crippen molar-refractivity contribution in [3.63, 3.8) is 0 Å². The molecule has 1 atom stereocenters. The Morgan fingerprint density at radius 3 is 2.27 bits per heavy atom. The van der Waals surface area contributed by atoms with Crippen molar-refractivity contribution in [1.29, 1.82) is 0 Å². The van der Waals surface area contributed by atoms with E-state index < -0.39 is 12.5 Å². The summed E-state index contributed by atoms with van der Waals surface area (Å²) in [7, 11) is 0. The summed E-state index contributed by atoms with van der Waals surface area (Å²) in [5.41, 5.74) is 2.63. The molecule has 0 aromatic heterocycles. The van der Waals surface area contributed by atoms with Crippen molar-refractivity contribution in [1.82, 2.24) is 0 Å². The summed E-state index contributed by atoms with van der Waals surface area (Å²) in [5.74, 6) is 0.213. The van der Waals surface area contributed by atoms with Crippen molar-refractivity contribution in [2.45, 2.75) is 51.1 Å². The third-order valence-electron chi connectivity index (χ3n) is 5.24. The van der Waals surface area contributed by atoms with E-state index in [9.17, 15) is 18.7 Å². The summed E-state index contributed by atoms with van der Waals surface area (Å²) in [5, 5.41) is 10.2. The highest BCUT2D eigenvalue weighted by atomic mass is 19.3. The van der Waals surface area contributed by atoms with Gasteiger partial charge in [0.05, 0.1) is 6.10 Å². The lowest BCUT2D eigenvalue weighted by atomic mass is 9.94. The quantitative estimate of drug-likeness (QED) is 0.663. The molecule has 2 aromatic carbocycles. The fourth-order valence-electron chi connectivity index (χ4n) is 3.80. The van der Waals surface area contributed by atoms with Gasteiger partial charge in [0.2, 0.25) is 0 Å². The predicted molar refractivity (Wildman–Crippen MR) is 97.5 cm³/mol. The van der Waals surface area contributed by atoms with Crippen LogP contribution in [0.15, 0.2) is 48.5 Å². The van der Waals surface area contributed by atoms with Crippen LogP contribution in [0.1, 0.15) is 59.2 Å². The maximum atomic E-state index is 13.0. The molecule has 1 N–H and O–H groups in total. The average molecular weight is 358 g/mol. The first-order valence-corrected chi connectivity index (χ1v) is 9.19. The molecule has 0 saturated carbocycles. The van der Waals surface area contributed by atoms with Crippen LogP contribution in [0, 0.1) is 5.92 Å². The second-order valence-electron chi connectivity index (χ2n) is 7.12. The molecule has 0 spiro atoms. The third-order valence-corrected chi connectivity index (χ3v) is 5.24. The molecule has 0 radical (unpaired) electrons. The molecule has 138 valence electrons. The Kier molecular flexibility index (Phi) is 6.15. The summed E-state index contributed by atoms with van der Waals surface area (Å²) < 4.78 is 26.0. The number of aliphatic hydroxyl groups is 1. The lowest BCUT2D eigenvalue weighted by molar-refractivity contribution is 0.0915. The first-order valence-electron chi connectivity index (χ1n) is 9.19. The molecular weight excluding hydrogens is 334 g/mol. The molecule has 0 unspecified atom stereocenters. The van der Waals surface area contributed by atoms with Gasteiger partial charge < -0.3 is 5.11 Å². The smallest absolute Gasteiger partial charge is 0.264 e. The number of aliphatic hydroxyl groups excluding tert-OH is 1. The Balaban J connectivity index is 1.45. The molecule has 26 heavy (non-hydrogen) atoms. The molecule has 2 nitrogen and oxygen atoms in total. The van der Waals surface area contributed by atoms with Gasteiger partial charge in [-0.3, -0.25) is 4.79 Å². The fraction of sp³-hybridized carbons (Fsp3) is 0.409. The van der Waals surface area contributed by atoms with Gasteiger partial charge in [0, 0.05) is 17.5 Å². The Labute approximate surface area is 152 Å². The minimum absolute atomic E-state index is 0.0703. The number of fused-ring (bicyclic) bond motifs is 1. The van der Waals surface area contributed by atoms with Gasteiger partial charge in [-0.2, -0.15) is 0 Å². The van der Waals surface area contributed by atoms with Gasteiger partial charge in [0.25, 0.3) is 6.43 Å². The molecule has 1 aliphatic rings. The second kappa shape index (κ2) is 8.54. The standard InChI is InChI=1S/C22H24F2O2/c23-22(24)20-8-4-3-7-19(20)21(26)12-11-18(25)10-9-15-13-16-5-1-2-6-17(16)14-15/h1-8,15,18,22,25H,9-14H2/t18-/m0/s1. The van der Waals surface area contributed by atoms with Crippen LogP contribution in [0.3, 0.4) is 0 Å². The zero-order chi connectivity index (χ0) is 18.5. The molecule has 1 aliphatic carbocycles. The summed E-state index contributed by atoms with van der Waals surface area (Å²) in [6.07, 6.45) is 0.824. The van der Waals surface area contributed by atoms with Crippen LogP contribution in [0.25, 0.3) is 0 Å².